The fourth-order valence-electron chi connectivity index (χ4n) is 1.90. The molecule has 2 aromatic rings. The highest BCUT2D eigenvalue weighted by Gasteiger charge is 2.10. The van der Waals surface area contributed by atoms with Crippen molar-refractivity contribution in [1.29, 1.82) is 0 Å². The van der Waals surface area contributed by atoms with Gasteiger partial charge in [0.1, 0.15) is 12.4 Å². The van der Waals surface area contributed by atoms with Crippen molar-refractivity contribution in [1.82, 2.24) is 5.32 Å². The number of benzene rings is 2. The molecule has 0 bridgehead atoms. The Bertz CT molecular complexity index is 616. The number of hydrogen-bond acceptors (Lipinski definition) is 3. The average Bonchev–Trinajstić information content (AvgIpc) is 2.54. The summed E-state index contributed by atoms with van der Waals surface area (Å²) in [5, 5.41) is 3.55. The van der Waals surface area contributed by atoms with Gasteiger partial charge in [0.2, 0.25) is 0 Å². The van der Waals surface area contributed by atoms with Crippen molar-refractivity contribution >= 4 is 29.3 Å². The van der Waals surface area contributed by atoms with Crippen molar-refractivity contribution in [3.8, 4) is 5.75 Å². The molecule has 0 aliphatic rings. The summed E-state index contributed by atoms with van der Waals surface area (Å²) < 4.78 is 5.55. The maximum absolute atomic E-state index is 12.2. The van der Waals surface area contributed by atoms with Crippen LogP contribution in [0.3, 0.4) is 0 Å². The van der Waals surface area contributed by atoms with Crippen molar-refractivity contribution in [2.75, 3.05) is 18.9 Å². The van der Waals surface area contributed by atoms with E-state index in [1.807, 2.05) is 24.3 Å². The van der Waals surface area contributed by atoms with Crippen LogP contribution in [-0.2, 0) is 0 Å². The number of thioether (sulfide) groups is 1. The monoisotopic (exact) mass is 335 g/mol. The summed E-state index contributed by atoms with van der Waals surface area (Å²) in [5.74, 6) is 1.60. The number of amides is 1. The average molecular weight is 336 g/mol. The predicted octanol–water partition coefficient (Wildman–Crippen LogP) is 4.26. The third-order valence-corrected chi connectivity index (χ3v) is 4.11. The molecule has 1 amide bonds. The minimum Gasteiger partial charge on any atom is -0.492 e. The van der Waals surface area contributed by atoms with Crippen LogP contribution in [0.15, 0.2) is 53.4 Å². The van der Waals surface area contributed by atoms with E-state index in [4.69, 9.17) is 16.3 Å². The Hall–Kier alpha value is -1.65. The van der Waals surface area contributed by atoms with E-state index in [0.717, 1.165) is 16.4 Å². The Morgan fingerprint density at radius 2 is 1.91 bits per heavy atom. The molecule has 0 fully saturated rings. The fraction of sp³-hybridized carbons (Fsp3) is 0.235. The molecule has 0 aliphatic heterocycles. The second-order valence-corrected chi connectivity index (χ2v) is 6.23. The number of hydrogen-bond donors (Lipinski definition) is 1. The zero-order chi connectivity index (χ0) is 15.8. The normalized spacial score (nSPS) is 10.3. The summed E-state index contributed by atoms with van der Waals surface area (Å²) in [6.45, 7) is 2.93. The lowest BCUT2D eigenvalue weighted by Crippen LogP contribution is -2.28. The van der Waals surface area contributed by atoms with Gasteiger partial charge in [-0.15, -0.1) is 11.8 Å². The van der Waals surface area contributed by atoms with Gasteiger partial charge in [0.05, 0.1) is 12.1 Å². The summed E-state index contributed by atoms with van der Waals surface area (Å²) in [7, 11) is 0. The molecule has 0 heterocycles. The zero-order valence-corrected chi connectivity index (χ0v) is 13.9. The molecule has 3 nitrogen and oxygen atoms in total. The van der Waals surface area contributed by atoms with Crippen LogP contribution in [-0.4, -0.2) is 24.8 Å². The summed E-state index contributed by atoms with van der Waals surface area (Å²) >= 11 is 7.47. The number of nitrogens with one attached hydrogen (secondary N) is 1. The summed E-state index contributed by atoms with van der Waals surface area (Å²) in [5.41, 5.74) is 0.709. The molecule has 0 aliphatic carbocycles. The largest absolute Gasteiger partial charge is 0.492 e. The van der Waals surface area contributed by atoms with E-state index < -0.39 is 0 Å². The van der Waals surface area contributed by atoms with Crippen LogP contribution in [0, 0.1) is 0 Å². The Labute approximate surface area is 140 Å². The highest BCUT2D eigenvalue weighted by Crippen LogP contribution is 2.22. The second-order valence-electron chi connectivity index (χ2n) is 4.49. The zero-order valence-electron chi connectivity index (χ0n) is 12.3. The van der Waals surface area contributed by atoms with E-state index in [9.17, 15) is 4.79 Å². The highest BCUT2D eigenvalue weighted by atomic mass is 35.5. The van der Waals surface area contributed by atoms with E-state index in [1.54, 1.807) is 36.0 Å². The van der Waals surface area contributed by atoms with Gasteiger partial charge in [0, 0.05) is 9.92 Å². The molecule has 0 spiro atoms. The van der Waals surface area contributed by atoms with E-state index in [0.29, 0.717) is 23.7 Å². The van der Waals surface area contributed by atoms with Crippen molar-refractivity contribution in [2.24, 2.45) is 0 Å². The van der Waals surface area contributed by atoms with Gasteiger partial charge in [-0.3, -0.25) is 4.79 Å². The molecule has 116 valence electrons. The van der Waals surface area contributed by atoms with Gasteiger partial charge in [-0.25, -0.2) is 0 Å². The molecular formula is C17H18ClNO2S. The molecule has 5 heteroatoms. The Kier molecular flexibility index (Phi) is 6.62. The van der Waals surface area contributed by atoms with Gasteiger partial charge < -0.3 is 10.1 Å². The number of carbonyl (C=O) groups is 1. The van der Waals surface area contributed by atoms with Crippen LogP contribution in [0.1, 0.15) is 17.3 Å². The van der Waals surface area contributed by atoms with Gasteiger partial charge in [0.25, 0.3) is 5.91 Å². The van der Waals surface area contributed by atoms with Crippen LogP contribution in [0.2, 0.25) is 5.02 Å². The molecule has 0 radical (unpaired) electrons. The van der Waals surface area contributed by atoms with Crippen LogP contribution in [0.4, 0.5) is 0 Å². The standard InChI is InChI=1S/C17H18ClNO2S/c1-2-22-16-6-4-3-5-15(16)17(20)19-11-12-21-14-9-7-13(18)8-10-14/h3-10H,2,11-12H2,1H3,(H,19,20). The van der Waals surface area contributed by atoms with Gasteiger partial charge in [0.15, 0.2) is 0 Å². The highest BCUT2D eigenvalue weighted by molar-refractivity contribution is 7.99. The molecular weight excluding hydrogens is 318 g/mol. The molecule has 0 aromatic heterocycles. The first-order valence-electron chi connectivity index (χ1n) is 7.09. The minimum atomic E-state index is -0.0729. The number of carbonyl (C=O) groups excluding carboxylic acids is 1. The van der Waals surface area contributed by atoms with Crippen LogP contribution in [0.5, 0.6) is 5.75 Å². The first kappa shape index (κ1) is 16.7. The molecule has 0 saturated heterocycles. The van der Waals surface area contributed by atoms with Crippen LogP contribution < -0.4 is 10.1 Å². The fourth-order valence-corrected chi connectivity index (χ4v) is 2.82. The van der Waals surface area contributed by atoms with Crippen molar-refractivity contribution in [3.05, 3.63) is 59.1 Å². The van der Waals surface area contributed by atoms with E-state index in [-0.39, 0.29) is 5.91 Å². The van der Waals surface area contributed by atoms with Crippen molar-refractivity contribution in [3.63, 3.8) is 0 Å². The number of ether oxygens (including phenoxy) is 1. The number of rotatable bonds is 7. The second kappa shape index (κ2) is 8.71. The molecule has 0 unspecified atom stereocenters. The number of halogens is 1. The van der Waals surface area contributed by atoms with Gasteiger partial charge in [-0.1, -0.05) is 30.7 Å². The van der Waals surface area contributed by atoms with E-state index in [1.165, 1.54) is 0 Å². The Morgan fingerprint density at radius 3 is 2.64 bits per heavy atom. The molecule has 0 atom stereocenters. The van der Waals surface area contributed by atoms with Gasteiger partial charge >= 0.3 is 0 Å². The maximum Gasteiger partial charge on any atom is 0.252 e. The molecule has 22 heavy (non-hydrogen) atoms. The molecule has 2 aromatic carbocycles. The quantitative estimate of drug-likeness (QED) is 0.607. The summed E-state index contributed by atoms with van der Waals surface area (Å²) in [4.78, 5) is 13.2. The first-order chi connectivity index (χ1) is 10.7. The lowest BCUT2D eigenvalue weighted by atomic mass is 10.2. The Balaban J connectivity index is 1.81. The van der Waals surface area contributed by atoms with E-state index in [2.05, 4.69) is 12.2 Å². The van der Waals surface area contributed by atoms with Crippen LogP contribution >= 0.6 is 23.4 Å². The minimum absolute atomic E-state index is 0.0729. The van der Waals surface area contributed by atoms with Gasteiger partial charge in [-0.2, -0.15) is 0 Å². The topological polar surface area (TPSA) is 38.3 Å². The molecule has 0 saturated carbocycles. The molecule has 1 N–H and O–H groups in total. The van der Waals surface area contributed by atoms with E-state index >= 15 is 0 Å². The lowest BCUT2D eigenvalue weighted by molar-refractivity contribution is 0.0944. The van der Waals surface area contributed by atoms with Crippen molar-refractivity contribution < 1.29 is 9.53 Å². The van der Waals surface area contributed by atoms with Crippen molar-refractivity contribution in [2.45, 2.75) is 11.8 Å². The first-order valence-corrected chi connectivity index (χ1v) is 8.45. The summed E-state index contributed by atoms with van der Waals surface area (Å²) in [6.07, 6.45) is 0. The SMILES string of the molecule is CCSc1ccccc1C(=O)NCCOc1ccc(Cl)cc1. The smallest absolute Gasteiger partial charge is 0.252 e. The predicted molar refractivity (Wildman–Crippen MR) is 92.1 cm³/mol. The van der Waals surface area contributed by atoms with Crippen LogP contribution in [0.25, 0.3) is 0 Å². The summed E-state index contributed by atoms with van der Waals surface area (Å²) in [6, 6.07) is 14.8. The Morgan fingerprint density at radius 1 is 1.18 bits per heavy atom. The maximum atomic E-state index is 12.2. The third-order valence-electron chi connectivity index (χ3n) is 2.90. The lowest BCUT2D eigenvalue weighted by Gasteiger charge is -2.10. The van der Waals surface area contributed by atoms with Gasteiger partial charge in [-0.05, 0) is 42.2 Å². The third kappa shape index (κ3) is 4.97. The molecule has 2 rings (SSSR count).